The van der Waals surface area contributed by atoms with Crippen LogP contribution in [0.2, 0.25) is 0 Å². The Hall–Kier alpha value is -0.920. The first kappa shape index (κ1) is 8.67. The van der Waals surface area contributed by atoms with Gasteiger partial charge in [-0.05, 0) is 42.9 Å². The Balaban J connectivity index is 2.25. The molecule has 0 aromatic rings. The summed E-state index contributed by atoms with van der Waals surface area (Å²) < 4.78 is 0. The molecule has 1 aliphatic carbocycles. The van der Waals surface area contributed by atoms with E-state index in [1.807, 2.05) is 12.3 Å². The largest absolute Gasteiger partial charge is 0.298 e. The fourth-order valence-electron chi connectivity index (χ4n) is 2.39. The van der Waals surface area contributed by atoms with Gasteiger partial charge in [-0.1, -0.05) is 13.0 Å². The summed E-state index contributed by atoms with van der Waals surface area (Å²) in [6, 6.07) is 0.421. The molecule has 0 fully saturated rings. The molecule has 2 nitrogen and oxygen atoms in total. The van der Waals surface area contributed by atoms with Crippen LogP contribution >= 0.6 is 0 Å². The van der Waals surface area contributed by atoms with E-state index in [2.05, 4.69) is 11.9 Å². The molecular weight excluding hydrogens is 162 g/mol. The summed E-state index contributed by atoms with van der Waals surface area (Å²) in [6.07, 6.45) is 9.18. The van der Waals surface area contributed by atoms with Crippen LogP contribution in [0.5, 0.6) is 0 Å². The smallest absolute Gasteiger partial charge is 0.145 e. The first-order chi connectivity index (χ1) is 6.24. The van der Waals surface area contributed by atoms with Gasteiger partial charge in [0.15, 0.2) is 0 Å². The molecule has 0 saturated heterocycles. The van der Waals surface area contributed by atoms with Crippen molar-refractivity contribution in [2.24, 2.45) is 10.4 Å². The molecule has 13 heavy (non-hydrogen) atoms. The summed E-state index contributed by atoms with van der Waals surface area (Å²) in [6.45, 7) is 2.25. The second kappa shape index (κ2) is 3.09. The molecule has 0 bridgehead atoms. The maximum Gasteiger partial charge on any atom is 0.145 e. The van der Waals surface area contributed by atoms with Gasteiger partial charge >= 0.3 is 0 Å². The van der Waals surface area contributed by atoms with Crippen LogP contribution in [0.25, 0.3) is 0 Å². The van der Waals surface area contributed by atoms with E-state index in [0.29, 0.717) is 6.04 Å². The highest BCUT2D eigenvalue weighted by Gasteiger charge is 2.37. The molecule has 70 valence electrons. The van der Waals surface area contributed by atoms with E-state index in [1.165, 1.54) is 6.42 Å². The highest BCUT2D eigenvalue weighted by atomic mass is 16.1. The predicted molar refractivity (Wildman–Crippen MR) is 53.0 cm³/mol. The average molecular weight is 177 g/mol. The van der Waals surface area contributed by atoms with Gasteiger partial charge in [0, 0.05) is 0 Å². The number of aliphatic imine (C=N–C) groups is 1. The summed E-state index contributed by atoms with van der Waals surface area (Å²) in [5.41, 5.74) is 1.22. The molecule has 0 amide bonds. The Bertz CT molecular complexity index is 280. The first-order valence-corrected chi connectivity index (χ1v) is 4.90. The van der Waals surface area contributed by atoms with Crippen LogP contribution in [0.15, 0.2) is 16.6 Å². The summed E-state index contributed by atoms with van der Waals surface area (Å²) in [5, 5.41) is 0. The molecule has 2 unspecified atom stereocenters. The minimum absolute atomic E-state index is 0.250. The summed E-state index contributed by atoms with van der Waals surface area (Å²) in [7, 11) is 0. The van der Waals surface area contributed by atoms with E-state index in [9.17, 15) is 4.79 Å². The quantitative estimate of drug-likeness (QED) is 0.564. The van der Waals surface area contributed by atoms with Crippen LogP contribution in [-0.2, 0) is 4.79 Å². The highest BCUT2D eigenvalue weighted by Crippen LogP contribution is 2.42. The van der Waals surface area contributed by atoms with Crippen LogP contribution in [0.1, 0.15) is 32.6 Å². The lowest BCUT2D eigenvalue weighted by atomic mass is 9.68. The average Bonchev–Trinajstić information content (AvgIpc) is 2.16. The van der Waals surface area contributed by atoms with Crippen LogP contribution in [-0.4, -0.2) is 18.5 Å². The van der Waals surface area contributed by atoms with Crippen molar-refractivity contribution in [1.29, 1.82) is 0 Å². The van der Waals surface area contributed by atoms with Gasteiger partial charge in [0.2, 0.25) is 0 Å². The Morgan fingerprint density at radius 3 is 3.31 bits per heavy atom. The molecular formula is C11H15NO. The molecule has 2 aliphatic rings. The molecule has 0 spiro atoms. The maximum absolute atomic E-state index is 10.7. The van der Waals surface area contributed by atoms with Crippen molar-refractivity contribution in [3.63, 3.8) is 0 Å². The predicted octanol–water partition coefficient (Wildman–Crippen LogP) is 2.15. The van der Waals surface area contributed by atoms with Crippen molar-refractivity contribution in [2.45, 2.75) is 38.6 Å². The van der Waals surface area contributed by atoms with Gasteiger partial charge in [-0.25, -0.2) is 0 Å². The van der Waals surface area contributed by atoms with Crippen LogP contribution in [0.3, 0.4) is 0 Å². The van der Waals surface area contributed by atoms with Gasteiger partial charge in [0.05, 0.1) is 6.04 Å². The third kappa shape index (κ3) is 1.45. The lowest BCUT2D eigenvalue weighted by Gasteiger charge is -2.40. The summed E-state index contributed by atoms with van der Waals surface area (Å²) in [5.74, 6) is 0. The zero-order chi connectivity index (χ0) is 9.31. The van der Waals surface area contributed by atoms with Gasteiger partial charge < -0.3 is 0 Å². The van der Waals surface area contributed by atoms with Crippen molar-refractivity contribution < 1.29 is 4.79 Å². The molecule has 1 heterocycles. The Morgan fingerprint density at radius 2 is 2.54 bits per heavy atom. The summed E-state index contributed by atoms with van der Waals surface area (Å²) in [4.78, 5) is 15.2. The van der Waals surface area contributed by atoms with Gasteiger partial charge in [-0.15, -0.1) is 0 Å². The van der Waals surface area contributed by atoms with Gasteiger partial charge in [-0.3, -0.25) is 9.79 Å². The van der Waals surface area contributed by atoms with Crippen LogP contribution in [0, 0.1) is 5.41 Å². The van der Waals surface area contributed by atoms with E-state index in [4.69, 9.17) is 0 Å². The minimum Gasteiger partial charge on any atom is -0.298 e. The Kier molecular flexibility index (Phi) is 2.06. The lowest BCUT2D eigenvalue weighted by molar-refractivity contribution is -0.105. The second-order valence-corrected chi connectivity index (χ2v) is 4.35. The molecule has 2 rings (SSSR count). The van der Waals surface area contributed by atoms with Gasteiger partial charge in [0.1, 0.15) is 6.29 Å². The fraction of sp³-hybridized carbons (Fsp3) is 0.636. The Labute approximate surface area is 78.7 Å². The number of allylic oxidation sites excluding steroid dienone is 1. The minimum atomic E-state index is 0.250. The number of hydrogen-bond donors (Lipinski definition) is 0. The van der Waals surface area contributed by atoms with E-state index < -0.39 is 0 Å². The third-order valence-electron chi connectivity index (χ3n) is 3.30. The summed E-state index contributed by atoms with van der Waals surface area (Å²) >= 11 is 0. The monoisotopic (exact) mass is 177 g/mol. The number of carbonyl (C=O) groups is 1. The first-order valence-electron chi connectivity index (χ1n) is 4.90. The molecule has 0 radical (unpaired) electrons. The van der Waals surface area contributed by atoms with Gasteiger partial charge in [0.25, 0.3) is 0 Å². The lowest BCUT2D eigenvalue weighted by Crippen LogP contribution is -2.36. The normalized spacial score (nSPS) is 37.9. The number of carbonyl (C=O) groups excluding carboxylic acids is 1. The van der Waals surface area contributed by atoms with Crippen molar-refractivity contribution in [1.82, 2.24) is 0 Å². The number of fused-ring (bicyclic) bond motifs is 1. The molecule has 0 aromatic heterocycles. The molecule has 0 saturated carbocycles. The van der Waals surface area contributed by atoms with Crippen LogP contribution < -0.4 is 0 Å². The third-order valence-corrected chi connectivity index (χ3v) is 3.30. The zero-order valence-corrected chi connectivity index (χ0v) is 7.99. The van der Waals surface area contributed by atoms with E-state index in [-0.39, 0.29) is 5.41 Å². The standard InChI is InChI=1S/C11H15NO/c1-11-5-2-6-12-10(11)4-3-9(7-11)8-13/h3,6,8,10H,2,4-5,7H2,1H3. The van der Waals surface area contributed by atoms with E-state index >= 15 is 0 Å². The van der Waals surface area contributed by atoms with E-state index in [1.54, 1.807) is 0 Å². The van der Waals surface area contributed by atoms with Crippen molar-refractivity contribution in [2.75, 3.05) is 0 Å². The van der Waals surface area contributed by atoms with Crippen molar-refractivity contribution >= 4 is 12.5 Å². The Morgan fingerprint density at radius 1 is 1.69 bits per heavy atom. The van der Waals surface area contributed by atoms with Crippen molar-refractivity contribution in [3.05, 3.63) is 11.6 Å². The van der Waals surface area contributed by atoms with E-state index in [0.717, 1.165) is 31.1 Å². The molecule has 0 aromatic carbocycles. The molecule has 0 N–H and O–H groups in total. The molecule has 2 atom stereocenters. The fourth-order valence-corrected chi connectivity index (χ4v) is 2.39. The van der Waals surface area contributed by atoms with Crippen molar-refractivity contribution in [3.8, 4) is 0 Å². The van der Waals surface area contributed by atoms with Crippen LogP contribution in [0.4, 0.5) is 0 Å². The SMILES string of the molecule is CC12CCC=NC1CC=C(C=O)C2. The number of nitrogens with zero attached hydrogens (tertiary/aromatic N) is 1. The zero-order valence-electron chi connectivity index (χ0n) is 7.99. The van der Waals surface area contributed by atoms with Gasteiger partial charge in [-0.2, -0.15) is 0 Å². The maximum atomic E-state index is 10.7. The topological polar surface area (TPSA) is 29.4 Å². The molecule has 1 aliphatic heterocycles. The second-order valence-electron chi connectivity index (χ2n) is 4.35. The molecule has 2 heteroatoms. The number of aldehydes is 1. The highest BCUT2D eigenvalue weighted by molar-refractivity contribution is 5.74. The number of hydrogen-bond acceptors (Lipinski definition) is 2. The number of rotatable bonds is 1.